The van der Waals surface area contributed by atoms with Crippen LogP contribution in [0.2, 0.25) is 10.0 Å². The van der Waals surface area contributed by atoms with Crippen LogP contribution in [0.3, 0.4) is 0 Å². The van der Waals surface area contributed by atoms with E-state index in [1.807, 2.05) is 0 Å². The van der Waals surface area contributed by atoms with Crippen LogP contribution in [0.15, 0.2) is 12.1 Å². The van der Waals surface area contributed by atoms with Crippen LogP contribution in [0.5, 0.6) is 0 Å². The van der Waals surface area contributed by atoms with Gasteiger partial charge in [-0.05, 0) is 37.8 Å². The first kappa shape index (κ1) is 15.5. The van der Waals surface area contributed by atoms with Gasteiger partial charge in [0.15, 0.2) is 0 Å². The summed E-state index contributed by atoms with van der Waals surface area (Å²) < 4.78 is 0. The zero-order valence-corrected chi connectivity index (χ0v) is 13.2. The minimum Gasteiger partial charge on any atom is -0.397 e. The first-order valence-electron chi connectivity index (χ1n) is 6.03. The topological polar surface area (TPSA) is 38.0 Å². The van der Waals surface area contributed by atoms with Crippen LogP contribution in [-0.4, -0.2) is 5.54 Å². The summed E-state index contributed by atoms with van der Waals surface area (Å²) in [7, 11) is 0. The second-order valence-corrected chi connectivity index (χ2v) is 7.41. The van der Waals surface area contributed by atoms with E-state index < -0.39 is 0 Å². The third-order valence-electron chi connectivity index (χ3n) is 2.54. The zero-order valence-electron chi connectivity index (χ0n) is 11.7. The molecule has 1 aromatic rings. The number of nitrogens with one attached hydrogen (secondary N) is 1. The van der Waals surface area contributed by atoms with Crippen LogP contribution in [0.25, 0.3) is 0 Å². The van der Waals surface area contributed by atoms with Crippen molar-refractivity contribution in [3.8, 4) is 0 Å². The number of halogens is 2. The summed E-state index contributed by atoms with van der Waals surface area (Å²) in [4.78, 5) is 0. The Hall–Kier alpha value is -0.600. The van der Waals surface area contributed by atoms with Gasteiger partial charge in [-0.15, -0.1) is 0 Å². The van der Waals surface area contributed by atoms with Gasteiger partial charge in [0, 0.05) is 5.54 Å². The Bertz CT molecular complexity index is 434. The van der Waals surface area contributed by atoms with Crippen molar-refractivity contribution < 1.29 is 0 Å². The lowest BCUT2D eigenvalue weighted by molar-refractivity contribution is 0.302. The highest BCUT2D eigenvalue weighted by Crippen LogP contribution is 2.35. The summed E-state index contributed by atoms with van der Waals surface area (Å²) in [5.74, 6) is 0. The second kappa shape index (κ2) is 5.18. The van der Waals surface area contributed by atoms with E-state index in [-0.39, 0.29) is 11.0 Å². The molecule has 0 unspecified atom stereocenters. The monoisotopic (exact) mass is 288 g/mol. The number of anilines is 2. The van der Waals surface area contributed by atoms with Crippen molar-refractivity contribution in [1.29, 1.82) is 0 Å². The molecule has 0 aromatic heterocycles. The molecular formula is C14H22Cl2N2. The van der Waals surface area contributed by atoms with Gasteiger partial charge in [0.05, 0.1) is 21.4 Å². The van der Waals surface area contributed by atoms with Crippen molar-refractivity contribution in [2.75, 3.05) is 11.1 Å². The molecular weight excluding hydrogens is 267 g/mol. The van der Waals surface area contributed by atoms with Crippen LogP contribution in [-0.2, 0) is 0 Å². The highest BCUT2D eigenvalue weighted by Gasteiger charge is 2.25. The fraction of sp³-hybridized carbons (Fsp3) is 0.571. The van der Waals surface area contributed by atoms with Crippen molar-refractivity contribution in [3.63, 3.8) is 0 Å². The predicted octanol–water partition coefficient (Wildman–Crippen LogP) is 5.20. The number of hydrogen-bond donors (Lipinski definition) is 2. The number of benzene rings is 1. The average Bonchev–Trinajstić information content (AvgIpc) is 2.09. The average molecular weight is 289 g/mol. The Morgan fingerprint density at radius 3 is 2.06 bits per heavy atom. The quantitative estimate of drug-likeness (QED) is 0.750. The molecule has 0 aliphatic rings. The second-order valence-electron chi connectivity index (χ2n) is 6.60. The molecule has 0 aliphatic heterocycles. The van der Waals surface area contributed by atoms with Crippen molar-refractivity contribution in [2.45, 2.75) is 46.6 Å². The normalized spacial score (nSPS) is 12.6. The molecule has 18 heavy (non-hydrogen) atoms. The molecule has 3 N–H and O–H groups in total. The molecule has 0 fully saturated rings. The molecule has 0 amide bonds. The lowest BCUT2D eigenvalue weighted by atomic mass is 9.81. The molecule has 0 radical (unpaired) electrons. The van der Waals surface area contributed by atoms with E-state index in [4.69, 9.17) is 28.9 Å². The summed E-state index contributed by atoms with van der Waals surface area (Å²) in [5.41, 5.74) is 7.58. The zero-order chi connectivity index (χ0) is 14.1. The maximum Gasteiger partial charge on any atom is 0.0614 e. The molecule has 1 rings (SSSR count). The van der Waals surface area contributed by atoms with E-state index in [2.05, 4.69) is 39.9 Å². The summed E-state index contributed by atoms with van der Waals surface area (Å²) in [6.07, 6.45) is 1.01. The van der Waals surface area contributed by atoms with Crippen molar-refractivity contribution >= 4 is 34.6 Å². The molecule has 0 saturated heterocycles. The molecule has 0 spiro atoms. The van der Waals surface area contributed by atoms with Gasteiger partial charge < -0.3 is 11.1 Å². The molecule has 102 valence electrons. The molecule has 2 nitrogen and oxygen atoms in total. The Labute approximate surface area is 120 Å². The summed E-state index contributed by atoms with van der Waals surface area (Å²) in [6.45, 7) is 11.0. The van der Waals surface area contributed by atoms with Crippen molar-refractivity contribution in [1.82, 2.24) is 0 Å². The highest BCUT2D eigenvalue weighted by atomic mass is 35.5. The van der Waals surface area contributed by atoms with Gasteiger partial charge in [-0.1, -0.05) is 44.0 Å². The largest absolute Gasteiger partial charge is 0.397 e. The lowest BCUT2D eigenvalue weighted by Gasteiger charge is -2.34. The predicted molar refractivity (Wildman–Crippen MR) is 82.6 cm³/mol. The molecule has 0 atom stereocenters. The van der Waals surface area contributed by atoms with E-state index in [9.17, 15) is 0 Å². The molecule has 0 bridgehead atoms. The van der Waals surface area contributed by atoms with Crippen LogP contribution in [0.1, 0.15) is 41.0 Å². The fourth-order valence-corrected chi connectivity index (χ4v) is 2.74. The summed E-state index contributed by atoms with van der Waals surface area (Å²) in [6, 6.07) is 3.46. The van der Waals surface area contributed by atoms with Gasteiger partial charge >= 0.3 is 0 Å². The van der Waals surface area contributed by atoms with Crippen LogP contribution < -0.4 is 11.1 Å². The van der Waals surface area contributed by atoms with Crippen LogP contribution in [0.4, 0.5) is 11.4 Å². The van der Waals surface area contributed by atoms with Gasteiger partial charge in [-0.3, -0.25) is 0 Å². The fourth-order valence-electron chi connectivity index (χ4n) is 2.41. The number of hydrogen-bond acceptors (Lipinski definition) is 2. The third kappa shape index (κ3) is 4.58. The smallest absolute Gasteiger partial charge is 0.0614 e. The van der Waals surface area contributed by atoms with Gasteiger partial charge in [-0.25, -0.2) is 0 Å². The third-order valence-corrected chi connectivity index (χ3v) is 3.26. The molecule has 0 heterocycles. The SMILES string of the molecule is CC(C)(C)CC(C)(C)Nc1cc(Cl)c(Cl)cc1N. The molecule has 0 aliphatic carbocycles. The molecule has 0 saturated carbocycles. The molecule has 1 aromatic carbocycles. The number of rotatable bonds is 3. The Morgan fingerprint density at radius 1 is 1.06 bits per heavy atom. The number of nitrogens with two attached hydrogens (primary N) is 1. The van der Waals surface area contributed by atoms with E-state index in [0.717, 1.165) is 12.1 Å². The maximum atomic E-state index is 6.02. The number of nitrogen functional groups attached to an aromatic ring is 1. The van der Waals surface area contributed by atoms with E-state index in [0.29, 0.717) is 15.7 Å². The van der Waals surface area contributed by atoms with E-state index in [1.54, 1.807) is 12.1 Å². The summed E-state index contributed by atoms with van der Waals surface area (Å²) in [5, 5.41) is 4.44. The Balaban J connectivity index is 2.94. The first-order valence-corrected chi connectivity index (χ1v) is 6.78. The van der Waals surface area contributed by atoms with Gasteiger partial charge in [0.1, 0.15) is 0 Å². The van der Waals surface area contributed by atoms with Crippen LogP contribution in [0, 0.1) is 5.41 Å². The minimum atomic E-state index is -0.0659. The first-order chi connectivity index (χ1) is 8.00. The maximum absolute atomic E-state index is 6.02. The van der Waals surface area contributed by atoms with Gasteiger partial charge in [-0.2, -0.15) is 0 Å². The standard InChI is InChI=1S/C14H22Cl2N2/c1-13(2,3)8-14(4,5)18-12-7-10(16)9(15)6-11(12)17/h6-7,18H,8,17H2,1-5H3. The lowest BCUT2D eigenvalue weighted by Crippen LogP contribution is -2.35. The Morgan fingerprint density at radius 2 is 1.56 bits per heavy atom. The van der Waals surface area contributed by atoms with Crippen molar-refractivity contribution in [3.05, 3.63) is 22.2 Å². The van der Waals surface area contributed by atoms with Gasteiger partial charge in [0.25, 0.3) is 0 Å². The Kier molecular flexibility index (Phi) is 4.45. The van der Waals surface area contributed by atoms with E-state index >= 15 is 0 Å². The van der Waals surface area contributed by atoms with Crippen LogP contribution >= 0.6 is 23.2 Å². The minimum absolute atomic E-state index is 0.0659. The summed E-state index contributed by atoms with van der Waals surface area (Å²) >= 11 is 11.9. The van der Waals surface area contributed by atoms with Gasteiger partial charge in [0.2, 0.25) is 0 Å². The molecule has 4 heteroatoms. The van der Waals surface area contributed by atoms with Crippen molar-refractivity contribution in [2.24, 2.45) is 5.41 Å². The highest BCUT2D eigenvalue weighted by molar-refractivity contribution is 6.42. The van der Waals surface area contributed by atoms with E-state index in [1.165, 1.54) is 0 Å².